The SMILES string of the molecule is CCCN(CC(=O)NCCCOC)c1ccc(CN)cc1. The number of hydrogen-bond acceptors (Lipinski definition) is 4. The highest BCUT2D eigenvalue weighted by Gasteiger charge is 2.10. The number of methoxy groups -OCH3 is 1. The maximum absolute atomic E-state index is 12.0. The van der Waals surface area contributed by atoms with Gasteiger partial charge in [-0.05, 0) is 30.5 Å². The average molecular weight is 293 g/mol. The molecule has 0 radical (unpaired) electrons. The van der Waals surface area contributed by atoms with Crippen LogP contribution >= 0.6 is 0 Å². The Morgan fingerprint density at radius 2 is 2.05 bits per heavy atom. The smallest absolute Gasteiger partial charge is 0.239 e. The third-order valence-corrected chi connectivity index (χ3v) is 3.21. The summed E-state index contributed by atoms with van der Waals surface area (Å²) in [4.78, 5) is 14.1. The Morgan fingerprint density at radius 1 is 1.33 bits per heavy atom. The highest BCUT2D eigenvalue weighted by Crippen LogP contribution is 2.15. The molecule has 0 aliphatic rings. The molecule has 118 valence electrons. The van der Waals surface area contributed by atoms with Crippen molar-refractivity contribution in [2.75, 3.05) is 38.3 Å². The number of carbonyl (C=O) groups is 1. The number of carbonyl (C=O) groups excluding carboxylic acids is 1. The minimum Gasteiger partial charge on any atom is -0.385 e. The van der Waals surface area contributed by atoms with E-state index < -0.39 is 0 Å². The number of benzene rings is 1. The minimum atomic E-state index is 0.0439. The zero-order valence-corrected chi connectivity index (χ0v) is 13.1. The summed E-state index contributed by atoms with van der Waals surface area (Å²) in [7, 11) is 1.66. The molecule has 0 aliphatic heterocycles. The van der Waals surface area contributed by atoms with Crippen molar-refractivity contribution >= 4 is 11.6 Å². The molecule has 0 bridgehead atoms. The van der Waals surface area contributed by atoms with Gasteiger partial charge in [-0.15, -0.1) is 0 Å². The van der Waals surface area contributed by atoms with Crippen LogP contribution in [0.1, 0.15) is 25.3 Å². The van der Waals surface area contributed by atoms with Gasteiger partial charge in [0.25, 0.3) is 0 Å². The van der Waals surface area contributed by atoms with E-state index in [0.29, 0.717) is 26.2 Å². The molecule has 1 aromatic rings. The Kier molecular flexibility index (Phi) is 8.47. The zero-order valence-electron chi connectivity index (χ0n) is 13.1. The van der Waals surface area contributed by atoms with E-state index in [-0.39, 0.29) is 5.91 Å². The molecular formula is C16H27N3O2. The summed E-state index contributed by atoms with van der Waals surface area (Å²) >= 11 is 0. The molecule has 0 heterocycles. The van der Waals surface area contributed by atoms with Gasteiger partial charge in [-0.1, -0.05) is 19.1 Å². The molecule has 0 fully saturated rings. The van der Waals surface area contributed by atoms with E-state index in [4.69, 9.17) is 10.5 Å². The maximum Gasteiger partial charge on any atom is 0.239 e. The second-order valence-corrected chi connectivity index (χ2v) is 4.99. The second-order valence-electron chi connectivity index (χ2n) is 4.99. The monoisotopic (exact) mass is 293 g/mol. The third kappa shape index (κ3) is 6.60. The molecule has 5 nitrogen and oxygen atoms in total. The van der Waals surface area contributed by atoms with Gasteiger partial charge >= 0.3 is 0 Å². The van der Waals surface area contributed by atoms with Crippen LogP contribution in [0.2, 0.25) is 0 Å². The van der Waals surface area contributed by atoms with Crippen LogP contribution in [-0.2, 0) is 16.1 Å². The van der Waals surface area contributed by atoms with Gasteiger partial charge in [0.05, 0.1) is 6.54 Å². The minimum absolute atomic E-state index is 0.0439. The average Bonchev–Trinajstić information content (AvgIpc) is 2.51. The van der Waals surface area contributed by atoms with Crippen LogP contribution in [0.3, 0.4) is 0 Å². The summed E-state index contributed by atoms with van der Waals surface area (Å²) in [5.74, 6) is 0.0439. The fourth-order valence-corrected chi connectivity index (χ4v) is 2.09. The molecule has 0 saturated heterocycles. The lowest BCUT2D eigenvalue weighted by Crippen LogP contribution is -2.38. The molecule has 5 heteroatoms. The van der Waals surface area contributed by atoms with Crippen molar-refractivity contribution in [2.24, 2.45) is 5.73 Å². The zero-order chi connectivity index (χ0) is 15.5. The van der Waals surface area contributed by atoms with Crippen LogP contribution in [0.4, 0.5) is 5.69 Å². The number of hydrogen-bond donors (Lipinski definition) is 2. The summed E-state index contributed by atoms with van der Waals surface area (Å²) < 4.78 is 4.96. The first-order chi connectivity index (χ1) is 10.2. The summed E-state index contributed by atoms with van der Waals surface area (Å²) in [5.41, 5.74) is 7.76. The fraction of sp³-hybridized carbons (Fsp3) is 0.562. The summed E-state index contributed by atoms with van der Waals surface area (Å²) in [6, 6.07) is 8.06. The highest BCUT2D eigenvalue weighted by molar-refractivity contribution is 5.81. The van der Waals surface area contributed by atoms with Crippen molar-refractivity contribution in [2.45, 2.75) is 26.3 Å². The van der Waals surface area contributed by atoms with E-state index in [1.54, 1.807) is 7.11 Å². The lowest BCUT2D eigenvalue weighted by atomic mass is 10.2. The number of nitrogens with one attached hydrogen (secondary N) is 1. The van der Waals surface area contributed by atoms with Gasteiger partial charge in [-0.25, -0.2) is 0 Å². The molecule has 0 aromatic heterocycles. The molecule has 0 saturated carbocycles. The van der Waals surface area contributed by atoms with E-state index in [0.717, 1.165) is 30.6 Å². The molecule has 0 spiro atoms. The van der Waals surface area contributed by atoms with Crippen molar-refractivity contribution in [1.29, 1.82) is 0 Å². The molecule has 3 N–H and O–H groups in total. The summed E-state index contributed by atoms with van der Waals surface area (Å²) in [5, 5.41) is 2.92. The van der Waals surface area contributed by atoms with Crippen LogP contribution in [0.25, 0.3) is 0 Å². The van der Waals surface area contributed by atoms with Gasteiger partial charge in [0.15, 0.2) is 0 Å². The first-order valence-electron chi connectivity index (χ1n) is 7.50. The van der Waals surface area contributed by atoms with E-state index in [1.807, 2.05) is 24.3 Å². The van der Waals surface area contributed by atoms with Gasteiger partial charge < -0.3 is 20.7 Å². The summed E-state index contributed by atoms with van der Waals surface area (Å²) in [6.07, 6.45) is 1.83. The standard InChI is InChI=1S/C16H27N3O2/c1-3-10-19(13-16(20)18-9-4-11-21-2)15-7-5-14(12-17)6-8-15/h5-8H,3-4,9-13,17H2,1-2H3,(H,18,20). The maximum atomic E-state index is 12.0. The summed E-state index contributed by atoms with van der Waals surface area (Å²) in [6.45, 7) is 5.19. The molecule has 0 unspecified atom stereocenters. The highest BCUT2D eigenvalue weighted by atomic mass is 16.5. The molecule has 0 aliphatic carbocycles. The Balaban J connectivity index is 2.53. The number of amides is 1. The molecule has 1 amide bonds. The van der Waals surface area contributed by atoms with E-state index >= 15 is 0 Å². The van der Waals surface area contributed by atoms with Crippen molar-refractivity contribution in [3.05, 3.63) is 29.8 Å². The Morgan fingerprint density at radius 3 is 2.62 bits per heavy atom. The van der Waals surface area contributed by atoms with E-state index in [9.17, 15) is 4.79 Å². The van der Waals surface area contributed by atoms with Gasteiger partial charge in [-0.2, -0.15) is 0 Å². The lowest BCUT2D eigenvalue weighted by molar-refractivity contribution is -0.119. The number of rotatable bonds is 10. The van der Waals surface area contributed by atoms with Crippen LogP contribution in [-0.4, -0.2) is 39.3 Å². The van der Waals surface area contributed by atoms with Gasteiger partial charge in [0, 0.05) is 39.0 Å². The largest absolute Gasteiger partial charge is 0.385 e. The second kappa shape index (κ2) is 10.2. The van der Waals surface area contributed by atoms with Crippen molar-refractivity contribution in [3.8, 4) is 0 Å². The van der Waals surface area contributed by atoms with Crippen LogP contribution in [0.15, 0.2) is 24.3 Å². The fourth-order valence-electron chi connectivity index (χ4n) is 2.09. The normalized spacial score (nSPS) is 10.4. The van der Waals surface area contributed by atoms with Gasteiger partial charge in [-0.3, -0.25) is 4.79 Å². The van der Waals surface area contributed by atoms with E-state index in [2.05, 4.69) is 17.1 Å². The lowest BCUT2D eigenvalue weighted by Gasteiger charge is -2.24. The topological polar surface area (TPSA) is 67.6 Å². The molecule has 21 heavy (non-hydrogen) atoms. The van der Waals surface area contributed by atoms with E-state index in [1.165, 1.54) is 0 Å². The number of anilines is 1. The van der Waals surface area contributed by atoms with Crippen molar-refractivity contribution < 1.29 is 9.53 Å². The third-order valence-electron chi connectivity index (χ3n) is 3.21. The van der Waals surface area contributed by atoms with Crippen LogP contribution < -0.4 is 16.0 Å². The molecule has 1 aromatic carbocycles. The molecule has 0 atom stereocenters. The number of nitrogens with two attached hydrogens (primary N) is 1. The predicted octanol–water partition coefficient (Wildman–Crippen LogP) is 1.51. The number of nitrogens with zero attached hydrogens (tertiary/aromatic N) is 1. The molecule has 1 rings (SSSR count). The van der Waals surface area contributed by atoms with Gasteiger partial charge in [0.1, 0.15) is 0 Å². The Bertz CT molecular complexity index is 406. The van der Waals surface area contributed by atoms with Crippen LogP contribution in [0, 0.1) is 0 Å². The van der Waals surface area contributed by atoms with Crippen molar-refractivity contribution in [3.63, 3.8) is 0 Å². The quantitative estimate of drug-likeness (QED) is 0.642. The Labute approximate surface area is 127 Å². The van der Waals surface area contributed by atoms with Crippen molar-refractivity contribution in [1.82, 2.24) is 5.32 Å². The molecular weight excluding hydrogens is 266 g/mol. The van der Waals surface area contributed by atoms with Crippen LogP contribution in [0.5, 0.6) is 0 Å². The Hall–Kier alpha value is -1.59. The number of ether oxygens (including phenoxy) is 1. The predicted molar refractivity (Wildman–Crippen MR) is 86.3 cm³/mol. The first kappa shape index (κ1) is 17.5. The van der Waals surface area contributed by atoms with Gasteiger partial charge in [0.2, 0.25) is 5.91 Å². The first-order valence-corrected chi connectivity index (χ1v) is 7.50.